The van der Waals surface area contributed by atoms with Crippen molar-refractivity contribution in [1.82, 2.24) is 15.7 Å². The van der Waals surface area contributed by atoms with Gasteiger partial charge in [-0.15, -0.1) is 0 Å². The van der Waals surface area contributed by atoms with Crippen molar-refractivity contribution in [3.63, 3.8) is 0 Å². The molecule has 30 heavy (non-hydrogen) atoms. The quantitative estimate of drug-likeness (QED) is 0.715. The van der Waals surface area contributed by atoms with Crippen LogP contribution in [0.4, 0.5) is 4.79 Å². The lowest BCUT2D eigenvalue weighted by Crippen LogP contribution is -2.58. The number of hydrogen-bond donors (Lipinski definition) is 2. The number of benzene rings is 1. The predicted molar refractivity (Wildman–Crippen MR) is 113 cm³/mol. The van der Waals surface area contributed by atoms with Gasteiger partial charge in [-0.05, 0) is 51.2 Å². The van der Waals surface area contributed by atoms with Gasteiger partial charge in [0.15, 0.2) is 5.75 Å². The Labute approximate surface area is 178 Å². The minimum Gasteiger partial charge on any atom is -0.444 e. The molecule has 0 aliphatic carbocycles. The van der Waals surface area contributed by atoms with E-state index in [-0.39, 0.29) is 5.91 Å². The maximum absolute atomic E-state index is 13.3. The average molecular weight is 420 g/mol. The van der Waals surface area contributed by atoms with Crippen LogP contribution < -0.4 is 15.6 Å². The van der Waals surface area contributed by atoms with E-state index in [1.165, 1.54) is 4.90 Å². The van der Waals surface area contributed by atoms with Crippen LogP contribution in [-0.2, 0) is 14.3 Å². The van der Waals surface area contributed by atoms with E-state index in [1.54, 1.807) is 45.0 Å². The second-order valence-electron chi connectivity index (χ2n) is 9.52. The number of nitrogens with zero attached hydrogens (tertiary/aromatic N) is 1. The Morgan fingerprint density at radius 1 is 1.07 bits per heavy atom. The number of amides is 3. The van der Waals surface area contributed by atoms with Crippen LogP contribution in [0.15, 0.2) is 30.3 Å². The number of ether oxygens (including phenoxy) is 1. The first-order chi connectivity index (χ1) is 13.9. The standard InChI is InChI=1S/C22H33N3O5/c1-21(2,3)17(23-20(28)29-22(4,5)6)19(27)25-14-10-13-16(25)18(26)24-30-15-11-8-7-9-12-15/h7-9,11-12,16-17H,10,13-14H2,1-6H3,(H,23,28)(H,24,26). The molecule has 8 heteroatoms. The van der Waals surface area contributed by atoms with Crippen LogP contribution in [0.5, 0.6) is 5.75 Å². The second kappa shape index (κ2) is 9.36. The molecule has 8 nitrogen and oxygen atoms in total. The van der Waals surface area contributed by atoms with Gasteiger partial charge in [0.25, 0.3) is 5.91 Å². The Balaban J connectivity index is 2.08. The number of alkyl carbamates (subject to hydrolysis) is 1. The SMILES string of the molecule is CC(C)(C)OC(=O)NC(C(=O)N1CCCC1C(=O)NOc1ccccc1)C(C)(C)C. The molecule has 3 amide bonds. The lowest BCUT2D eigenvalue weighted by atomic mass is 9.85. The normalized spacial score (nSPS) is 17.8. The van der Waals surface area contributed by atoms with E-state index in [4.69, 9.17) is 9.57 Å². The minimum absolute atomic E-state index is 0.314. The maximum Gasteiger partial charge on any atom is 0.408 e. The van der Waals surface area contributed by atoms with E-state index in [1.807, 2.05) is 26.8 Å². The summed E-state index contributed by atoms with van der Waals surface area (Å²) in [6.45, 7) is 11.3. The molecule has 2 N–H and O–H groups in total. The molecule has 0 saturated carbocycles. The molecule has 1 aromatic rings. The molecule has 1 aromatic carbocycles. The van der Waals surface area contributed by atoms with E-state index in [0.29, 0.717) is 25.1 Å². The van der Waals surface area contributed by atoms with Crippen molar-refractivity contribution in [3.8, 4) is 5.75 Å². The van der Waals surface area contributed by atoms with E-state index >= 15 is 0 Å². The van der Waals surface area contributed by atoms with Gasteiger partial charge in [-0.25, -0.2) is 4.79 Å². The van der Waals surface area contributed by atoms with Gasteiger partial charge in [0.1, 0.15) is 17.7 Å². The molecule has 1 aliphatic heterocycles. The van der Waals surface area contributed by atoms with Crippen molar-refractivity contribution in [1.29, 1.82) is 0 Å². The number of hydroxylamine groups is 1. The van der Waals surface area contributed by atoms with Gasteiger partial charge in [-0.3, -0.25) is 9.59 Å². The third-order valence-corrected chi connectivity index (χ3v) is 4.63. The zero-order valence-corrected chi connectivity index (χ0v) is 18.7. The number of carbonyl (C=O) groups is 3. The average Bonchev–Trinajstić information content (AvgIpc) is 3.12. The van der Waals surface area contributed by atoms with Gasteiger partial charge in [0.2, 0.25) is 5.91 Å². The number of nitrogens with one attached hydrogen (secondary N) is 2. The molecule has 1 fully saturated rings. The summed E-state index contributed by atoms with van der Waals surface area (Å²) in [4.78, 5) is 45.1. The van der Waals surface area contributed by atoms with E-state index in [9.17, 15) is 14.4 Å². The monoisotopic (exact) mass is 419 g/mol. The van der Waals surface area contributed by atoms with Crippen LogP contribution in [0.2, 0.25) is 0 Å². The molecule has 0 aromatic heterocycles. The Kier molecular flexibility index (Phi) is 7.34. The first-order valence-corrected chi connectivity index (χ1v) is 10.2. The highest BCUT2D eigenvalue weighted by Crippen LogP contribution is 2.26. The molecule has 0 spiro atoms. The van der Waals surface area contributed by atoms with E-state index < -0.39 is 35.1 Å². The zero-order valence-electron chi connectivity index (χ0n) is 18.7. The summed E-state index contributed by atoms with van der Waals surface area (Å²) in [5, 5.41) is 2.69. The van der Waals surface area contributed by atoms with Gasteiger partial charge in [0.05, 0.1) is 0 Å². The van der Waals surface area contributed by atoms with Crippen molar-refractivity contribution in [2.75, 3.05) is 6.54 Å². The van der Waals surface area contributed by atoms with Gasteiger partial charge in [-0.1, -0.05) is 39.0 Å². The smallest absolute Gasteiger partial charge is 0.408 e. The molecular weight excluding hydrogens is 386 g/mol. The minimum atomic E-state index is -0.837. The van der Waals surface area contributed by atoms with Crippen molar-refractivity contribution in [2.45, 2.75) is 72.1 Å². The Morgan fingerprint density at radius 3 is 2.27 bits per heavy atom. The van der Waals surface area contributed by atoms with Gasteiger partial charge in [0, 0.05) is 6.54 Å². The number of carbonyl (C=O) groups excluding carboxylic acids is 3. The third kappa shape index (κ3) is 6.64. The Bertz CT molecular complexity index is 752. The molecule has 2 unspecified atom stereocenters. The fourth-order valence-electron chi connectivity index (χ4n) is 3.21. The summed E-state index contributed by atoms with van der Waals surface area (Å²) in [6, 6.07) is 7.38. The topological polar surface area (TPSA) is 97.0 Å². The lowest BCUT2D eigenvalue weighted by molar-refractivity contribution is -0.144. The molecular formula is C22H33N3O5. The second-order valence-corrected chi connectivity index (χ2v) is 9.52. The summed E-state index contributed by atoms with van der Waals surface area (Å²) < 4.78 is 5.32. The highest BCUT2D eigenvalue weighted by Gasteiger charge is 2.42. The number of rotatable bonds is 5. The Hall–Kier alpha value is -2.77. The molecule has 1 saturated heterocycles. The summed E-state index contributed by atoms with van der Waals surface area (Å²) in [6.07, 6.45) is 0.556. The van der Waals surface area contributed by atoms with Crippen LogP contribution in [0.3, 0.4) is 0 Å². The molecule has 0 radical (unpaired) electrons. The summed E-state index contributed by atoms with van der Waals surface area (Å²) >= 11 is 0. The van der Waals surface area contributed by atoms with Crippen LogP contribution in [0.1, 0.15) is 54.4 Å². The highest BCUT2D eigenvalue weighted by atomic mass is 16.7. The summed E-state index contributed by atoms with van der Waals surface area (Å²) in [5.41, 5.74) is 1.18. The lowest BCUT2D eigenvalue weighted by Gasteiger charge is -2.35. The molecule has 1 heterocycles. The van der Waals surface area contributed by atoms with Crippen molar-refractivity contribution < 1.29 is 24.0 Å². The van der Waals surface area contributed by atoms with Crippen LogP contribution in [0, 0.1) is 5.41 Å². The molecule has 1 aliphatic rings. The maximum atomic E-state index is 13.3. The Morgan fingerprint density at radius 2 is 1.70 bits per heavy atom. The van der Waals surface area contributed by atoms with E-state index in [2.05, 4.69) is 10.8 Å². The van der Waals surface area contributed by atoms with Crippen molar-refractivity contribution in [2.24, 2.45) is 5.41 Å². The largest absolute Gasteiger partial charge is 0.444 e. The van der Waals surface area contributed by atoms with Crippen molar-refractivity contribution in [3.05, 3.63) is 30.3 Å². The number of likely N-dealkylation sites (tertiary alicyclic amines) is 1. The fourth-order valence-corrected chi connectivity index (χ4v) is 3.21. The number of para-hydroxylation sites is 1. The number of hydrogen-bond acceptors (Lipinski definition) is 5. The fraction of sp³-hybridized carbons (Fsp3) is 0.591. The van der Waals surface area contributed by atoms with Crippen LogP contribution in [0.25, 0.3) is 0 Å². The summed E-state index contributed by atoms with van der Waals surface area (Å²) in [5.74, 6) is -0.207. The molecule has 0 bridgehead atoms. The highest BCUT2D eigenvalue weighted by molar-refractivity contribution is 5.92. The third-order valence-electron chi connectivity index (χ3n) is 4.63. The summed E-state index contributed by atoms with van der Waals surface area (Å²) in [7, 11) is 0. The van der Waals surface area contributed by atoms with Gasteiger partial charge < -0.3 is 19.8 Å². The van der Waals surface area contributed by atoms with Gasteiger partial charge >= 0.3 is 6.09 Å². The van der Waals surface area contributed by atoms with Crippen LogP contribution in [-0.4, -0.2) is 47.0 Å². The molecule has 166 valence electrons. The van der Waals surface area contributed by atoms with E-state index in [0.717, 1.165) is 0 Å². The van der Waals surface area contributed by atoms with Crippen LogP contribution >= 0.6 is 0 Å². The zero-order chi connectivity index (χ0) is 22.5. The van der Waals surface area contributed by atoms with Gasteiger partial charge in [-0.2, -0.15) is 5.48 Å². The van der Waals surface area contributed by atoms with Crippen molar-refractivity contribution >= 4 is 17.9 Å². The molecule has 2 atom stereocenters. The first-order valence-electron chi connectivity index (χ1n) is 10.2. The predicted octanol–water partition coefficient (Wildman–Crippen LogP) is 3.03. The first kappa shape index (κ1) is 23.5. The molecule has 2 rings (SSSR count).